The molecule has 2 rings (SSSR count). The van der Waals surface area contributed by atoms with E-state index < -0.39 is 0 Å². The van der Waals surface area contributed by atoms with Gasteiger partial charge in [-0.1, -0.05) is 18.2 Å². The van der Waals surface area contributed by atoms with Crippen molar-refractivity contribution in [2.24, 2.45) is 0 Å². The van der Waals surface area contributed by atoms with Crippen LogP contribution in [0.1, 0.15) is 23.2 Å². The first-order valence-electron chi connectivity index (χ1n) is 6.52. The Labute approximate surface area is 108 Å². The first-order valence-corrected chi connectivity index (χ1v) is 6.52. The van der Waals surface area contributed by atoms with Crippen LogP contribution in [-0.2, 0) is 4.74 Å². The summed E-state index contributed by atoms with van der Waals surface area (Å²) in [4.78, 5) is 11.7. The summed E-state index contributed by atoms with van der Waals surface area (Å²) in [6, 6.07) is 9.30. The standard InChI is InChI=1S/C14H20N2O2/c17-14(12-5-2-1-3-6-12)16-8-4-7-13-11-15-9-10-18-13/h1-3,5-6,13,15H,4,7-11H2,(H,16,17). The second kappa shape index (κ2) is 7.13. The number of nitrogens with one attached hydrogen (secondary N) is 2. The minimum atomic E-state index is -0.00159. The van der Waals surface area contributed by atoms with E-state index in [0.29, 0.717) is 18.2 Å². The van der Waals surface area contributed by atoms with Crippen LogP contribution in [0.4, 0.5) is 0 Å². The Kier molecular flexibility index (Phi) is 5.17. The lowest BCUT2D eigenvalue weighted by Gasteiger charge is -2.23. The normalized spacial score (nSPS) is 19.4. The highest BCUT2D eigenvalue weighted by molar-refractivity contribution is 5.94. The molecule has 1 heterocycles. The largest absolute Gasteiger partial charge is 0.376 e. The molecular weight excluding hydrogens is 228 g/mol. The number of amides is 1. The lowest BCUT2D eigenvalue weighted by molar-refractivity contribution is 0.0225. The first-order chi connectivity index (χ1) is 8.86. The zero-order valence-electron chi connectivity index (χ0n) is 10.5. The van der Waals surface area contributed by atoms with Gasteiger partial charge in [0.25, 0.3) is 5.91 Å². The molecule has 0 aromatic heterocycles. The monoisotopic (exact) mass is 248 g/mol. The molecule has 1 fully saturated rings. The third-order valence-electron chi connectivity index (χ3n) is 3.03. The predicted molar refractivity (Wildman–Crippen MR) is 70.6 cm³/mol. The molecule has 1 amide bonds. The Morgan fingerprint density at radius 1 is 1.39 bits per heavy atom. The van der Waals surface area contributed by atoms with Crippen LogP contribution in [0, 0.1) is 0 Å². The van der Waals surface area contributed by atoms with Gasteiger partial charge in [-0.25, -0.2) is 0 Å². The fourth-order valence-corrected chi connectivity index (χ4v) is 2.03. The van der Waals surface area contributed by atoms with Gasteiger partial charge in [0.15, 0.2) is 0 Å². The fraction of sp³-hybridized carbons (Fsp3) is 0.500. The molecular formula is C14H20N2O2. The Balaban J connectivity index is 1.62. The van der Waals surface area contributed by atoms with Gasteiger partial charge >= 0.3 is 0 Å². The molecule has 2 N–H and O–H groups in total. The average Bonchev–Trinajstić information content (AvgIpc) is 2.45. The van der Waals surface area contributed by atoms with Crippen LogP contribution in [0.5, 0.6) is 0 Å². The van der Waals surface area contributed by atoms with Gasteiger partial charge in [-0.2, -0.15) is 0 Å². The number of hydrogen-bond acceptors (Lipinski definition) is 3. The highest BCUT2D eigenvalue weighted by Crippen LogP contribution is 2.04. The summed E-state index contributed by atoms with van der Waals surface area (Å²) in [7, 11) is 0. The number of ether oxygens (including phenoxy) is 1. The minimum absolute atomic E-state index is 0.00159. The third-order valence-corrected chi connectivity index (χ3v) is 3.03. The Bertz CT molecular complexity index is 361. The van der Waals surface area contributed by atoms with Crippen LogP contribution in [0.25, 0.3) is 0 Å². The molecule has 1 aliphatic rings. The van der Waals surface area contributed by atoms with Gasteiger partial charge < -0.3 is 15.4 Å². The van der Waals surface area contributed by atoms with E-state index in [2.05, 4.69) is 10.6 Å². The summed E-state index contributed by atoms with van der Waals surface area (Å²) in [5.41, 5.74) is 0.716. The van der Waals surface area contributed by atoms with Gasteiger partial charge in [-0.05, 0) is 25.0 Å². The summed E-state index contributed by atoms with van der Waals surface area (Å²) in [6.07, 6.45) is 2.24. The van der Waals surface area contributed by atoms with E-state index in [4.69, 9.17) is 4.74 Å². The molecule has 0 bridgehead atoms. The predicted octanol–water partition coefficient (Wildman–Crippen LogP) is 1.18. The topological polar surface area (TPSA) is 50.4 Å². The highest BCUT2D eigenvalue weighted by atomic mass is 16.5. The Hall–Kier alpha value is -1.39. The zero-order chi connectivity index (χ0) is 12.6. The number of morpholine rings is 1. The minimum Gasteiger partial charge on any atom is -0.376 e. The number of carbonyl (C=O) groups is 1. The SMILES string of the molecule is O=C(NCCCC1CNCCO1)c1ccccc1. The molecule has 1 unspecified atom stereocenters. The molecule has 0 radical (unpaired) electrons. The Morgan fingerprint density at radius 3 is 2.94 bits per heavy atom. The summed E-state index contributed by atoms with van der Waals surface area (Å²) < 4.78 is 5.59. The molecule has 0 saturated carbocycles. The zero-order valence-corrected chi connectivity index (χ0v) is 10.5. The quantitative estimate of drug-likeness (QED) is 0.769. The van der Waals surface area contributed by atoms with E-state index in [1.807, 2.05) is 30.3 Å². The second-order valence-corrected chi connectivity index (χ2v) is 4.46. The van der Waals surface area contributed by atoms with E-state index >= 15 is 0 Å². The summed E-state index contributed by atoms with van der Waals surface area (Å²) >= 11 is 0. The van der Waals surface area contributed by atoms with Crippen LogP contribution < -0.4 is 10.6 Å². The molecule has 4 heteroatoms. The molecule has 18 heavy (non-hydrogen) atoms. The molecule has 1 aliphatic heterocycles. The van der Waals surface area contributed by atoms with Crippen molar-refractivity contribution in [1.82, 2.24) is 10.6 Å². The molecule has 1 atom stereocenters. The van der Waals surface area contributed by atoms with E-state index in [-0.39, 0.29) is 5.91 Å². The van der Waals surface area contributed by atoms with Gasteiger partial charge in [0.1, 0.15) is 0 Å². The maximum atomic E-state index is 11.7. The molecule has 4 nitrogen and oxygen atoms in total. The number of carbonyl (C=O) groups excluding carboxylic acids is 1. The molecule has 1 saturated heterocycles. The van der Waals surface area contributed by atoms with Crippen molar-refractivity contribution in [3.8, 4) is 0 Å². The number of rotatable bonds is 5. The number of benzene rings is 1. The van der Waals surface area contributed by atoms with Gasteiger partial charge in [0, 0.05) is 25.2 Å². The van der Waals surface area contributed by atoms with Gasteiger partial charge in [-0.15, -0.1) is 0 Å². The first kappa shape index (κ1) is 13.1. The lowest BCUT2D eigenvalue weighted by atomic mass is 10.1. The maximum absolute atomic E-state index is 11.7. The van der Waals surface area contributed by atoms with Gasteiger partial charge in [-0.3, -0.25) is 4.79 Å². The van der Waals surface area contributed by atoms with Gasteiger partial charge in [0.2, 0.25) is 0 Å². The van der Waals surface area contributed by atoms with Crippen molar-refractivity contribution in [1.29, 1.82) is 0 Å². The molecule has 0 spiro atoms. The second-order valence-electron chi connectivity index (χ2n) is 4.46. The van der Waals surface area contributed by atoms with Crippen molar-refractivity contribution in [3.05, 3.63) is 35.9 Å². The smallest absolute Gasteiger partial charge is 0.251 e. The van der Waals surface area contributed by atoms with Crippen LogP contribution in [0.15, 0.2) is 30.3 Å². The summed E-state index contributed by atoms with van der Waals surface area (Å²) in [6.45, 7) is 3.36. The van der Waals surface area contributed by atoms with Crippen LogP contribution in [-0.4, -0.2) is 38.3 Å². The van der Waals surface area contributed by atoms with E-state index in [1.54, 1.807) is 0 Å². The average molecular weight is 248 g/mol. The van der Waals surface area contributed by atoms with Crippen LogP contribution in [0.2, 0.25) is 0 Å². The van der Waals surface area contributed by atoms with Crippen LogP contribution >= 0.6 is 0 Å². The fourth-order valence-electron chi connectivity index (χ4n) is 2.03. The van der Waals surface area contributed by atoms with Crippen molar-refractivity contribution in [3.63, 3.8) is 0 Å². The summed E-state index contributed by atoms with van der Waals surface area (Å²) in [5.74, 6) is -0.00159. The van der Waals surface area contributed by atoms with Crippen LogP contribution in [0.3, 0.4) is 0 Å². The number of hydrogen-bond donors (Lipinski definition) is 2. The van der Waals surface area contributed by atoms with Crippen molar-refractivity contribution < 1.29 is 9.53 Å². The molecule has 1 aromatic rings. The van der Waals surface area contributed by atoms with Gasteiger partial charge in [0.05, 0.1) is 12.7 Å². The third kappa shape index (κ3) is 4.13. The molecule has 1 aromatic carbocycles. The van der Waals surface area contributed by atoms with E-state index in [9.17, 15) is 4.79 Å². The van der Waals surface area contributed by atoms with E-state index in [1.165, 1.54) is 0 Å². The molecule has 98 valence electrons. The van der Waals surface area contributed by atoms with Crippen molar-refractivity contribution >= 4 is 5.91 Å². The Morgan fingerprint density at radius 2 is 2.22 bits per heavy atom. The van der Waals surface area contributed by atoms with Crippen molar-refractivity contribution in [2.45, 2.75) is 18.9 Å². The van der Waals surface area contributed by atoms with Crippen molar-refractivity contribution in [2.75, 3.05) is 26.2 Å². The summed E-state index contributed by atoms with van der Waals surface area (Å²) in [5, 5.41) is 6.22. The highest BCUT2D eigenvalue weighted by Gasteiger charge is 2.12. The molecule has 0 aliphatic carbocycles. The van der Waals surface area contributed by atoms with E-state index in [0.717, 1.165) is 32.5 Å². The maximum Gasteiger partial charge on any atom is 0.251 e. The lowest BCUT2D eigenvalue weighted by Crippen LogP contribution is -2.38.